The SMILES string of the molecule is CCCc1nc(NCCN(C)C)n2ncc(CC3CC3)c2n1. The summed E-state index contributed by atoms with van der Waals surface area (Å²) in [4.78, 5) is 11.6. The van der Waals surface area contributed by atoms with Gasteiger partial charge in [-0.05, 0) is 45.7 Å². The lowest BCUT2D eigenvalue weighted by Crippen LogP contribution is -2.22. The number of likely N-dealkylation sites (N-methyl/N-ethyl adjacent to an activating group) is 1. The minimum absolute atomic E-state index is 0.817. The van der Waals surface area contributed by atoms with Gasteiger partial charge in [-0.15, -0.1) is 0 Å². The Balaban J connectivity index is 1.88. The first-order chi connectivity index (χ1) is 10.7. The molecule has 0 radical (unpaired) electrons. The van der Waals surface area contributed by atoms with Gasteiger partial charge in [0, 0.05) is 25.1 Å². The Morgan fingerprint density at radius 2 is 2.14 bits per heavy atom. The summed E-state index contributed by atoms with van der Waals surface area (Å²) in [6.07, 6.45) is 7.72. The largest absolute Gasteiger partial charge is 0.353 e. The minimum Gasteiger partial charge on any atom is -0.353 e. The lowest BCUT2D eigenvalue weighted by Gasteiger charge is -2.12. The van der Waals surface area contributed by atoms with E-state index < -0.39 is 0 Å². The summed E-state index contributed by atoms with van der Waals surface area (Å²) in [5, 5.41) is 7.92. The van der Waals surface area contributed by atoms with Gasteiger partial charge in [-0.1, -0.05) is 6.92 Å². The first-order valence-electron chi connectivity index (χ1n) is 8.29. The van der Waals surface area contributed by atoms with Crippen molar-refractivity contribution in [2.45, 2.75) is 39.0 Å². The summed E-state index contributed by atoms with van der Waals surface area (Å²) in [6.45, 7) is 3.97. The van der Waals surface area contributed by atoms with Gasteiger partial charge in [0.2, 0.25) is 5.95 Å². The normalized spacial score (nSPS) is 14.9. The number of aryl methyl sites for hydroxylation is 1. The molecule has 0 bridgehead atoms. The van der Waals surface area contributed by atoms with Crippen molar-refractivity contribution < 1.29 is 0 Å². The van der Waals surface area contributed by atoms with E-state index in [1.807, 2.05) is 10.7 Å². The average molecular weight is 302 g/mol. The van der Waals surface area contributed by atoms with Crippen LogP contribution < -0.4 is 5.32 Å². The van der Waals surface area contributed by atoms with E-state index in [2.05, 4.69) is 41.3 Å². The number of anilines is 1. The van der Waals surface area contributed by atoms with Gasteiger partial charge in [0.1, 0.15) is 5.82 Å². The monoisotopic (exact) mass is 302 g/mol. The van der Waals surface area contributed by atoms with Gasteiger partial charge in [-0.25, -0.2) is 4.98 Å². The molecule has 120 valence electrons. The molecule has 0 spiro atoms. The molecule has 1 saturated carbocycles. The highest BCUT2D eigenvalue weighted by Crippen LogP contribution is 2.33. The van der Waals surface area contributed by atoms with Crippen molar-refractivity contribution in [2.75, 3.05) is 32.5 Å². The van der Waals surface area contributed by atoms with Crippen LogP contribution in [0.3, 0.4) is 0 Å². The zero-order valence-corrected chi connectivity index (χ0v) is 13.8. The quantitative estimate of drug-likeness (QED) is 0.808. The molecule has 2 heterocycles. The third-order valence-electron chi connectivity index (χ3n) is 4.01. The second kappa shape index (κ2) is 6.60. The highest BCUT2D eigenvalue weighted by Gasteiger charge is 2.24. The van der Waals surface area contributed by atoms with Crippen molar-refractivity contribution in [3.63, 3.8) is 0 Å². The van der Waals surface area contributed by atoms with E-state index in [4.69, 9.17) is 4.98 Å². The van der Waals surface area contributed by atoms with E-state index in [1.165, 1.54) is 18.4 Å². The lowest BCUT2D eigenvalue weighted by atomic mass is 10.2. The third kappa shape index (κ3) is 3.55. The molecule has 22 heavy (non-hydrogen) atoms. The van der Waals surface area contributed by atoms with E-state index in [0.717, 1.165) is 55.7 Å². The molecular formula is C16H26N6. The van der Waals surface area contributed by atoms with Gasteiger partial charge >= 0.3 is 0 Å². The minimum atomic E-state index is 0.817. The van der Waals surface area contributed by atoms with Crippen LogP contribution in [-0.4, -0.2) is 51.7 Å². The molecule has 2 aromatic rings. The summed E-state index contributed by atoms with van der Waals surface area (Å²) in [5.41, 5.74) is 2.25. The second-order valence-corrected chi connectivity index (χ2v) is 6.50. The number of rotatable bonds is 8. The van der Waals surface area contributed by atoms with Gasteiger partial charge in [-0.2, -0.15) is 14.6 Å². The van der Waals surface area contributed by atoms with Crippen molar-refractivity contribution >= 4 is 11.6 Å². The van der Waals surface area contributed by atoms with Crippen LogP contribution in [0.25, 0.3) is 5.65 Å². The highest BCUT2D eigenvalue weighted by molar-refractivity contribution is 5.51. The predicted octanol–water partition coefficient (Wildman–Crippen LogP) is 2.00. The molecule has 0 amide bonds. The Morgan fingerprint density at radius 1 is 1.32 bits per heavy atom. The molecule has 1 aliphatic rings. The maximum absolute atomic E-state index is 4.75. The zero-order valence-electron chi connectivity index (χ0n) is 13.8. The molecule has 0 atom stereocenters. The maximum atomic E-state index is 4.75. The van der Waals surface area contributed by atoms with Crippen molar-refractivity contribution in [1.29, 1.82) is 0 Å². The van der Waals surface area contributed by atoms with Crippen molar-refractivity contribution in [2.24, 2.45) is 5.92 Å². The van der Waals surface area contributed by atoms with Crippen LogP contribution in [0.1, 0.15) is 37.6 Å². The van der Waals surface area contributed by atoms with E-state index in [1.54, 1.807) is 0 Å². The molecule has 1 aliphatic carbocycles. The van der Waals surface area contributed by atoms with Crippen molar-refractivity contribution in [3.8, 4) is 0 Å². The number of hydrogen-bond donors (Lipinski definition) is 1. The van der Waals surface area contributed by atoms with E-state index >= 15 is 0 Å². The highest BCUT2D eigenvalue weighted by atomic mass is 15.3. The third-order valence-corrected chi connectivity index (χ3v) is 4.01. The molecule has 6 heteroatoms. The Kier molecular flexibility index (Phi) is 4.57. The fourth-order valence-electron chi connectivity index (χ4n) is 2.58. The van der Waals surface area contributed by atoms with Crippen LogP contribution in [0, 0.1) is 5.92 Å². The van der Waals surface area contributed by atoms with Gasteiger partial charge in [0.25, 0.3) is 0 Å². The fraction of sp³-hybridized carbons (Fsp3) is 0.688. The van der Waals surface area contributed by atoms with E-state index in [0.29, 0.717) is 0 Å². The number of aromatic nitrogens is 4. The Bertz CT molecular complexity index is 629. The first kappa shape index (κ1) is 15.2. The Morgan fingerprint density at radius 3 is 2.82 bits per heavy atom. The van der Waals surface area contributed by atoms with Gasteiger partial charge in [0.05, 0.1) is 6.20 Å². The van der Waals surface area contributed by atoms with Crippen molar-refractivity contribution in [3.05, 3.63) is 17.6 Å². The van der Waals surface area contributed by atoms with Crippen LogP contribution in [0.15, 0.2) is 6.20 Å². The molecule has 0 unspecified atom stereocenters. The topological polar surface area (TPSA) is 58.4 Å². The van der Waals surface area contributed by atoms with Crippen LogP contribution in [0.2, 0.25) is 0 Å². The van der Waals surface area contributed by atoms with Gasteiger partial charge in [-0.3, -0.25) is 0 Å². The second-order valence-electron chi connectivity index (χ2n) is 6.50. The summed E-state index contributed by atoms with van der Waals surface area (Å²) < 4.78 is 1.87. The summed E-state index contributed by atoms with van der Waals surface area (Å²) in [6, 6.07) is 0. The van der Waals surface area contributed by atoms with Gasteiger partial charge < -0.3 is 10.2 Å². The molecule has 1 fully saturated rings. The zero-order chi connectivity index (χ0) is 15.5. The number of nitrogens with one attached hydrogen (secondary N) is 1. The lowest BCUT2D eigenvalue weighted by molar-refractivity contribution is 0.424. The average Bonchev–Trinajstić information content (AvgIpc) is 3.19. The first-order valence-corrected chi connectivity index (χ1v) is 8.29. The smallest absolute Gasteiger partial charge is 0.227 e. The number of hydrogen-bond acceptors (Lipinski definition) is 5. The van der Waals surface area contributed by atoms with Crippen molar-refractivity contribution in [1.82, 2.24) is 24.5 Å². The Hall–Kier alpha value is -1.69. The number of nitrogens with zero attached hydrogens (tertiary/aromatic N) is 5. The standard InChI is InChI=1S/C16H26N6/c1-4-5-14-19-15-13(10-12-6-7-12)11-18-22(15)16(20-14)17-8-9-21(2)3/h11-12H,4-10H2,1-3H3,(H,17,19,20). The molecule has 1 N–H and O–H groups in total. The maximum Gasteiger partial charge on any atom is 0.227 e. The number of fused-ring (bicyclic) bond motifs is 1. The molecule has 0 aliphatic heterocycles. The van der Waals surface area contributed by atoms with Crippen LogP contribution in [-0.2, 0) is 12.8 Å². The summed E-state index contributed by atoms with van der Waals surface area (Å²) in [5.74, 6) is 2.57. The molecule has 0 saturated heterocycles. The fourth-order valence-corrected chi connectivity index (χ4v) is 2.58. The molecule has 3 rings (SSSR count). The van der Waals surface area contributed by atoms with Crippen LogP contribution in [0.4, 0.5) is 5.95 Å². The summed E-state index contributed by atoms with van der Waals surface area (Å²) in [7, 11) is 4.14. The Labute approximate surface area is 131 Å². The summed E-state index contributed by atoms with van der Waals surface area (Å²) >= 11 is 0. The predicted molar refractivity (Wildman–Crippen MR) is 88.2 cm³/mol. The molecular weight excluding hydrogens is 276 g/mol. The molecule has 2 aromatic heterocycles. The molecule has 6 nitrogen and oxygen atoms in total. The van der Waals surface area contributed by atoms with E-state index in [9.17, 15) is 0 Å². The van der Waals surface area contributed by atoms with E-state index in [-0.39, 0.29) is 0 Å². The van der Waals surface area contributed by atoms with Crippen LogP contribution >= 0.6 is 0 Å². The van der Waals surface area contributed by atoms with Gasteiger partial charge in [0.15, 0.2) is 5.65 Å². The van der Waals surface area contributed by atoms with Crippen LogP contribution in [0.5, 0.6) is 0 Å². The molecule has 0 aromatic carbocycles.